The molecule has 0 saturated carbocycles. The number of nitrogens with one attached hydrogen (secondary N) is 1. The van der Waals surface area contributed by atoms with Crippen LogP contribution in [0, 0.1) is 0 Å². The topological polar surface area (TPSA) is 47.3 Å². The zero-order valence-corrected chi connectivity index (χ0v) is 11.7. The van der Waals surface area contributed by atoms with Gasteiger partial charge in [0, 0.05) is 17.4 Å². The second-order valence-corrected chi connectivity index (χ2v) is 4.68. The van der Waals surface area contributed by atoms with E-state index in [1.54, 1.807) is 18.2 Å². The minimum atomic E-state index is -4.51. The van der Waals surface area contributed by atoms with Gasteiger partial charge in [0.05, 0.1) is 23.4 Å². The smallest absolute Gasteiger partial charge is 0.418 e. The van der Waals surface area contributed by atoms with Gasteiger partial charge < -0.3 is 15.8 Å². The summed E-state index contributed by atoms with van der Waals surface area (Å²) >= 11 is 6.00. The average Bonchev–Trinajstić information content (AvgIpc) is 2.42. The van der Waals surface area contributed by atoms with E-state index in [9.17, 15) is 13.2 Å². The van der Waals surface area contributed by atoms with Gasteiger partial charge in [0.1, 0.15) is 5.75 Å². The fourth-order valence-corrected chi connectivity index (χ4v) is 1.93. The van der Waals surface area contributed by atoms with E-state index in [1.807, 2.05) is 0 Å². The third kappa shape index (κ3) is 3.52. The Morgan fingerprint density at radius 1 is 1.14 bits per heavy atom. The number of benzene rings is 2. The molecular formula is C14H12ClF3N2O. The van der Waals surface area contributed by atoms with Crippen molar-refractivity contribution in [1.29, 1.82) is 0 Å². The lowest BCUT2D eigenvalue weighted by Gasteiger charge is -2.14. The van der Waals surface area contributed by atoms with Gasteiger partial charge in [0.2, 0.25) is 0 Å². The first kappa shape index (κ1) is 15.3. The van der Waals surface area contributed by atoms with E-state index in [-0.39, 0.29) is 11.4 Å². The fourth-order valence-electron chi connectivity index (χ4n) is 1.76. The normalized spacial score (nSPS) is 11.3. The molecule has 0 saturated heterocycles. The predicted octanol–water partition coefficient (Wildman–Crippen LogP) is 4.69. The van der Waals surface area contributed by atoms with Crippen molar-refractivity contribution in [1.82, 2.24) is 0 Å². The number of methoxy groups -OCH3 is 1. The third-order valence-electron chi connectivity index (χ3n) is 2.81. The number of anilines is 3. The summed E-state index contributed by atoms with van der Waals surface area (Å²) in [7, 11) is 1.48. The van der Waals surface area contributed by atoms with E-state index in [0.717, 1.165) is 6.07 Å². The van der Waals surface area contributed by atoms with Crippen molar-refractivity contribution in [2.45, 2.75) is 6.18 Å². The minimum absolute atomic E-state index is 0.228. The van der Waals surface area contributed by atoms with Gasteiger partial charge in [-0.3, -0.25) is 0 Å². The molecule has 0 fully saturated rings. The number of hydrogen-bond donors (Lipinski definition) is 2. The van der Waals surface area contributed by atoms with Crippen LogP contribution in [-0.4, -0.2) is 7.11 Å². The van der Waals surface area contributed by atoms with Crippen LogP contribution < -0.4 is 15.8 Å². The molecule has 0 aliphatic carbocycles. The number of nitrogens with two attached hydrogens (primary N) is 1. The first-order valence-corrected chi connectivity index (χ1v) is 6.26. The second-order valence-electron chi connectivity index (χ2n) is 4.27. The summed E-state index contributed by atoms with van der Waals surface area (Å²) in [5, 5.41) is 3.18. The van der Waals surface area contributed by atoms with Crippen molar-refractivity contribution in [3.05, 3.63) is 47.0 Å². The number of hydrogen-bond acceptors (Lipinski definition) is 3. The Morgan fingerprint density at radius 3 is 2.48 bits per heavy atom. The quantitative estimate of drug-likeness (QED) is 0.807. The standard InChI is InChI=1S/C14H12ClF3N2O/c1-21-9-3-4-11(15)13(7-9)20-8-2-5-12(19)10(6-8)14(16,17)18/h2-7,20H,19H2,1H3. The highest BCUT2D eigenvalue weighted by atomic mass is 35.5. The third-order valence-corrected chi connectivity index (χ3v) is 3.14. The van der Waals surface area contributed by atoms with Crippen molar-refractivity contribution < 1.29 is 17.9 Å². The molecule has 0 aliphatic rings. The highest BCUT2D eigenvalue weighted by Gasteiger charge is 2.33. The van der Waals surface area contributed by atoms with Crippen LogP contribution in [0.1, 0.15) is 5.56 Å². The van der Waals surface area contributed by atoms with Crippen LogP contribution >= 0.6 is 11.6 Å². The lowest BCUT2D eigenvalue weighted by Crippen LogP contribution is -2.09. The van der Waals surface area contributed by atoms with E-state index in [1.165, 1.54) is 19.2 Å². The Balaban J connectivity index is 2.36. The summed E-state index contributed by atoms with van der Waals surface area (Å²) < 4.78 is 43.5. The fraction of sp³-hybridized carbons (Fsp3) is 0.143. The molecular weight excluding hydrogens is 305 g/mol. The van der Waals surface area contributed by atoms with Crippen molar-refractivity contribution in [2.24, 2.45) is 0 Å². The van der Waals surface area contributed by atoms with Crippen LogP contribution in [0.25, 0.3) is 0 Å². The van der Waals surface area contributed by atoms with Gasteiger partial charge in [-0.05, 0) is 30.3 Å². The number of halogens is 4. The Kier molecular flexibility index (Phi) is 4.18. The Bertz CT molecular complexity index is 659. The number of nitrogen functional groups attached to an aromatic ring is 1. The number of rotatable bonds is 3. The zero-order valence-electron chi connectivity index (χ0n) is 11.0. The molecule has 2 rings (SSSR count). The first-order chi connectivity index (χ1) is 9.81. The van der Waals surface area contributed by atoms with Crippen molar-refractivity contribution in [3.63, 3.8) is 0 Å². The van der Waals surface area contributed by atoms with Gasteiger partial charge in [-0.2, -0.15) is 13.2 Å². The van der Waals surface area contributed by atoms with Crippen LogP contribution in [0.2, 0.25) is 5.02 Å². The average molecular weight is 317 g/mol. The molecule has 2 aromatic carbocycles. The molecule has 0 heterocycles. The van der Waals surface area contributed by atoms with E-state index in [2.05, 4.69) is 5.32 Å². The van der Waals surface area contributed by atoms with Crippen LogP contribution in [0.4, 0.5) is 30.2 Å². The maximum Gasteiger partial charge on any atom is 0.418 e. The molecule has 7 heteroatoms. The molecule has 0 unspecified atom stereocenters. The van der Waals surface area contributed by atoms with Crippen LogP contribution in [0.3, 0.4) is 0 Å². The molecule has 3 nitrogen and oxygen atoms in total. The molecule has 3 N–H and O–H groups in total. The van der Waals surface area contributed by atoms with Crippen LogP contribution in [-0.2, 0) is 6.18 Å². The molecule has 2 aromatic rings. The van der Waals surface area contributed by atoms with Gasteiger partial charge in [0.25, 0.3) is 0 Å². The number of ether oxygens (including phenoxy) is 1. The minimum Gasteiger partial charge on any atom is -0.497 e. The van der Waals surface area contributed by atoms with Crippen LogP contribution in [0.5, 0.6) is 5.75 Å². The summed E-state index contributed by atoms with van der Waals surface area (Å²) in [6, 6.07) is 8.40. The molecule has 0 aromatic heterocycles. The van der Waals surface area contributed by atoms with Crippen molar-refractivity contribution >= 4 is 28.7 Å². The van der Waals surface area contributed by atoms with Gasteiger partial charge in [0.15, 0.2) is 0 Å². The molecule has 0 aliphatic heterocycles. The molecule has 0 spiro atoms. The van der Waals surface area contributed by atoms with E-state index in [4.69, 9.17) is 22.1 Å². The van der Waals surface area contributed by atoms with Crippen molar-refractivity contribution in [2.75, 3.05) is 18.2 Å². The summed E-state index contributed by atoms with van der Waals surface area (Å²) in [6.45, 7) is 0. The molecule has 21 heavy (non-hydrogen) atoms. The Labute approximate surface area is 124 Å². The Morgan fingerprint density at radius 2 is 1.86 bits per heavy atom. The summed E-state index contributed by atoms with van der Waals surface area (Å²) in [4.78, 5) is 0. The van der Waals surface area contributed by atoms with E-state index in [0.29, 0.717) is 16.5 Å². The lowest BCUT2D eigenvalue weighted by atomic mass is 10.1. The summed E-state index contributed by atoms with van der Waals surface area (Å²) in [5.74, 6) is 0.536. The second kappa shape index (κ2) is 5.73. The molecule has 0 radical (unpaired) electrons. The molecule has 0 amide bonds. The largest absolute Gasteiger partial charge is 0.497 e. The maximum atomic E-state index is 12.8. The SMILES string of the molecule is COc1ccc(Cl)c(Nc2ccc(N)c(C(F)(F)F)c2)c1. The predicted molar refractivity (Wildman–Crippen MR) is 77.1 cm³/mol. The van der Waals surface area contributed by atoms with Gasteiger partial charge >= 0.3 is 6.18 Å². The first-order valence-electron chi connectivity index (χ1n) is 5.88. The van der Waals surface area contributed by atoms with E-state index >= 15 is 0 Å². The van der Waals surface area contributed by atoms with Crippen LogP contribution in [0.15, 0.2) is 36.4 Å². The molecule has 0 atom stereocenters. The summed E-state index contributed by atoms with van der Waals surface area (Å²) in [6.07, 6.45) is -4.51. The highest BCUT2D eigenvalue weighted by molar-refractivity contribution is 6.33. The monoisotopic (exact) mass is 316 g/mol. The lowest BCUT2D eigenvalue weighted by molar-refractivity contribution is -0.136. The van der Waals surface area contributed by atoms with E-state index < -0.39 is 11.7 Å². The van der Waals surface area contributed by atoms with Gasteiger partial charge in [-0.25, -0.2) is 0 Å². The summed E-state index contributed by atoms with van der Waals surface area (Å²) in [5.41, 5.74) is 4.79. The maximum absolute atomic E-state index is 12.8. The Hall–Kier alpha value is -2.08. The van der Waals surface area contributed by atoms with Gasteiger partial charge in [-0.1, -0.05) is 11.6 Å². The number of alkyl halides is 3. The van der Waals surface area contributed by atoms with Crippen molar-refractivity contribution in [3.8, 4) is 5.75 Å². The molecule has 112 valence electrons. The highest BCUT2D eigenvalue weighted by Crippen LogP contribution is 2.36. The zero-order chi connectivity index (χ0) is 15.6. The molecule has 0 bridgehead atoms. The van der Waals surface area contributed by atoms with Gasteiger partial charge in [-0.15, -0.1) is 0 Å².